The number of carboxylic acids is 1. The average molecular weight is 455 g/mol. The lowest BCUT2D eigenvalue weighted by Gasteiger charge is -2.13. The number of carboxylic acid groups (broad SMARTS) is 1. The average Bonchev–Trinajstić information content (AvgIpc) is 3.00. The number of rotatable bonds is 8. The predicted octanol–water partition coefficient (Wildman–Crippen LogP) is 3.95. The van der Waals surface area contributed by atoms with E-state index in [0.29, 0.717) is 28.9 Å². The Labute approximate surface area is 189 Å². The van der Waals surface area contributed by atoms with Crippen molar-refractivity contribution < 1.29 is 29.0 Å². The molecule has 2 N–H and O–H groups in total. The molecular weight excluding hydrogens is 432 g/mol. The molecule has 1 heterocycles. The van der Waals surface area contributed by atoms with Crippen LogP contribution in [-0.2, 0) is 14.4 Å². The second kappa shape index (κ2) is 10.1. The number of imide groups is 1. The van der Waals surface area contributed by atoms with Crippen LogP contribution in [-0.4, -0.2) is 46.2 Å². The van der Waals surface area contributed by atoms with Crippen LogP contribution in [0.15, 0.2) is 53.4 Å². The van der Waals surface area contributed by atoms with Crippen LogP contribution in [0.25, 0.3) is 6.08 Å². The van der Waals surface area contributed by atoms with E-state index in [2.05, 4.69) is 19.2 Å². The smallest absolute Gasteiger partial charge is 0.341 e. The number of nitrogens with one attached hydrogen (secondary N) is 1. The monoisotopic (exact) mass is 454 g/mol. The fourth-order valence-corrected chi connectivity index (χ4v) is 3.77. The molecule has 0 unspecified atom stereocenters. The van der Waals surface area contributed by atoms with Crippen LogP contribution in [0.3, 0.4) is 0 Å². The standard InChI is InChI=1S/C23H22N2O6S/c1-14(2)15-7-9-17(10-8-15)24-20(26)12-25-22(29)19(32-23(25)30)11-16-5-3-4-6-18(16)31-13-21(27)28/h3-11,14H,12-13H2,1-2H3,(H,24,26)(H,27,28)/b19-11+. The molecule has 166 valence electrons. The van der Waals surface area contributed by atoms with Gasteiger partial charge in [0.25, 0.3) is 11.1 Å². The number of carbonyl (C=O) groups is 4. The SMILES string of the molecule is CC(C)c1ccc(NC(=O)CN2C(=O)S/C(=C/c3ccccc3OCC(=O)O)C2=O)cc1. The van der Waals surface area contributed by atoms with Crippen LogP contribution in [0.2, 0.25) is 0 Å². The van der Waals surface area contributed by atoms with E-state index in [1.165, 1.54) is 6.08 Å². The van der Waals surface area contributed by atoms with E-state index in [0.717, 1.165) is 10.5 Å². The van der Waals surface area contributed by atoms with Crippen LogP contribution in [0.4, 0.5) is 10.5 Å². The molecule has 0 bridgehead atoms. The molecule has 32 heavy (non-hydrogen) atoms. The van der Waals surface area contributed by atoms with Crippen molar-refractivity contribution in [3.05, 3.63) is 64.6 Å². The Morgan fingerprint density at radius 1 is 1.12 bits per heavy atom. The third-order valence-corrected chi connectivity index (χ3v) is 5.50. The number of para-hydroxylation sites is 1. The fourth-order valence-electron chi connectivity index (χ4n) is 2.94. The molecule has 2 aromatic carbocycles. The second-order valence-corrected chi connectivity index (χ2v) is 8.31. The third-order valence-electron chi connectivity index (χ3n) is 4.59. The highest BCUT2D eigenvalue weighted by molar-refractivity contribution is 8.18. The number of anilines is 1. The largest absolute Gasteiger partial charge is 0.481 e. The predicted molar refractivity (Wildman–Crippen MR) is 121 cm³/mol. The van der Waals surface area contributed by atoms with E-state index in [9.17, 15) is 19.2 Å². The fraction of sp³-hybridized carbons (Fsp3) is 0.217. The molecule has 3 rings (SSSR count). The van der Waals surface area contributed by atoms with Gasteiger partial charge in [-0.15, -0.1) is 0 Å². The first-order valence-corrected chi connectivity index (χ1v) is 10.6. The Morgan fingerprint density at radius 2 is 1.81 bits per heavy atom. The summed E-state index contributed by atoms with van der Waals surface area (Å²) in [4.78, 5) is 49.2. The molecule has 0 atom stereocenters. The molecule has 1 aliphatic heterocycles. The van der Waals surface area contributed by atoms with Crippen LogP contribution in [0, 0.1) is 0 Å². The zero-order valence-corrected chi connectivity index (χ0v) is 18.3. The van der Waals surface area contributed by atoms with Crippen molar-refractivity contribution in [3.63, 3.8) is 0 Å². The molecule has 9 heteroatoms. The summed E-state index contributed by atoms with van der Waals surface area (Å²) in [5, 5.41) is 10.9. The van der Waals surface area contributed by atoms with Gasteiger partial charge in [0.2, 0.25) is 5.91 Å². The van der Waals surface area contributed by atoms with Crippen molar-refractivity contribution in [1.82, 2.24) is 4.90 Å². The minimum absolute atomic E-state index is 0.121. The molecule has 1 aliphatic rings. The number of thioether (sulfide) groups is 1. The van der Waals surface area contributed by atoms with Gasteiger partial charge in [0.1, 0.15) is 12.3 Å². The Hall–Kier alpha value is -3.59. The van der Waals surface area contributed by atoms with Gasteiger partial charge in [0.15, 0.2) is 6.61 Å². The van der Waals surface area contributed by atoms with E-state index in [4.69, 9.17) is 9.84 Å². The van der Waals surface area contributed by atoms with Crippen molar-refractivity contribution in [1.29, 1.82) is 0 Å². The van der Waals surface area contributed by atoms with Gasteiger partial charge in [0.05, 0.1) is 4.91 Å². The molecule has 8 nitrogen and oxygen atoms in total. The van der Waals surface area contributed by atoms with Crippen LogP contribution in [0.1, 0.15) is 30.9 Å². The van der Waals surface area contributed by atoms with Crippen LogP contribution in [0.5, 0.6) is 5.75 Å². The van der Waals surface area contributed by atoms with Crippen molar-refractivity contribution in [3.8, 4) is 5.75 Å². The molecule has 0 radical (unpaired) electrons. The number of amides is 3. The van der Waals surface area contributed by atoms with E-state index < -0.39 is 36.2 Å². The Morgan fingerprint density at radius 3 is 2.47 bits per heavy atom. The second-order valence-electron chi connectivity index (χ2n) is 7.31. The summed E-state index contributed by atoms with van der Waals surface area (Å²) < 4.78 is 5.22. The first kappa shape index (κ1) is 23.1. The van der Waals surface area contributed by atoms with Crippen molar-refractivity contribution in [2.75, 3.05) is 18.5 Å². The number of nitrogens with zero attached hydrogens (tertiary/aromatic N) is 1. The first-order valence-electron chi connectivity index (χ1n) is 9.83. The van der Waals surface area contributed by atoms with Gasteiger partial charge < -0.3 is 15.2 Å². The summed E-state index contributed by atoms with van der Waals surface area (Å²) in [6, 6.07) is 13.9. The lowest BCUT2D eigenvalue weighted by Crippen LogP contribution is -2.36. The molecule has 3 amide bonds. The number of carbonyl (C=O) groups excluding carboxylic acids is 3. The normalized spacial score (nSPS) is 14.8. The van der Waals surface area contributed by atoms with Gasteiger partial charge in [-0.1, -0.05) is 44.2 Å². The number of ether oxygens (including phenoxy) is 1. The third kappa shape index (κ3) is 5.76. The maximum atomic E-state index is 12.7. The molecule has 2 aromatic rings. The van der Waals surface area contributed by atoms with Gasteiger partial charge in [-0.3, -0.25) is 19.3 Å². The lowest BCUT2D eigenvalue weighted by molar-refractivity contribution is -0.139. The Kier molecular flexibility index (Phi) is 7.32. The maximum absolute atomic E-state index is 12.7. The summed E-state index contributed by atoms with van der Waals surface area (Å²) in [6.45, 7) is 3.19. The van der Waals surface area contributed by atoms with Crippen LogP contribution < -0.4 is 10.1 Å². The highest BCUT2D eigenvalue weighted by atomic mass is 32.2. The zero-order valence-electron chi connectivity index (χ0n) is 17.5. The Bertz CT molecular complexity index is 1080. The highest BCUT2D eigenvalue weighted by Crippen LogP contribution is 2.34. The summed E-state index contributed by atoms with van der Waals surface area (Å²) in [7, 11) is 0. The van der Waals surface area contributed by atoms with Crippen molar-refractivity contribution in [2.45, 2.75) is 19.8 Å². The minimum atomic E-state index is -1.13. The van der Waals surface area contributed by atoms with Crippen molar-refractivity contribution in [2.24, 2.45) is 0 Å². The summed E-state index contributed by atoms with van der Waals surface area (Å²) >= 11 is 0.710. The van der Waals surface area contributed by atoms with Gasteiger partial charge in [-0.25, -0.2) is 4.79 Å². The molecule has 0 saturated carbocycles. The quantitative estimate of drug-likeness (QED) is 0.581. The Balaban J connectivity index is 1.68. The lowest BCUT2D eigenvalue weighted by atomic mass is 10.0. The molecule has 1 fully saturated rings. The number of hydrogen-bond acceptors (Lipinski definition) is 6. The van der Waals surface area contributed by atoms with Gasteiger partial charge in [0, 0.05) is 11.3 Å². The van der Waals surface area contributed by atoms with Crippen LogP contribution >= 0.6 is 11.8 Å². The van der Waals surface area contributed by atoms with E-state index in [-0.39, 0.29) is 10.7 Å². The summed E-state index contributed by atoms with van der Waals surface area (Å²) in [6.07, 6.45) is 1.45. The van der Waals surface area contributed by atoms with E-state index in [1.54, 1.807) is 36.4 Å². The van der Waals surface area contributed by atoms with Crippen molar-refractivity contribution >= 4 is 46.5 Å². The summed E-state index contributed by atoms with van der Waals surface area (Å²) in [5.41, 5.74) is 2.16. The number of benzene rings is 2. The highest BCUT2D eigenvalue weighted by Gasteiger charge is 2.36. The zero-order chi connectivity index (χ0) is 23.3. The molecule has 1 saturated heterocycles. The van der Waals surface area contributed by atoms with Gasteiger partial charge in [-0.2, -0.15) is 0 Å². The molecule has 0 spiro atoms. The summed E-state index contributed by atoms with van der Waals surface area (Å²) in [5.74, 6) is -1.59. The van der Waals surface area contributed by atoms with E-state index in [1.807, 2.05) is 12.1 Å². The number of aliphatic carboxylic acids is 1. The minimum Gasteiger partial charge on any atom is -0.481 e. The molecule has 0 aliphatic carbocycles. The van der Waals surface area contributed by atoms with Gasteiger partial charge >= 0.3 is 5.97 Å². The number of hydrogen-bond donors (Lipinski definition) is 2. The topological polar surface area (TPSA) is 113 Å². The van der Waals surface area contributed by atoms with E-state index >= 15 is 0 Å². The first-order chi connectivity index (χ1) is 15.2. The maximum Gasteiger partial charge on any atom is 0.341 e. The molecule has 0 aromatic heterocycles. The molecular formula is C23H22N2O6S. The van der Waals surface area contributed by atoms with Gasteiger partial charge in [-0.05, 0) is 47.5 Å².